The number of halogens is 1. The molecule has 2 nitrogen and oxygen atoms in total. The SMILES string of the molecule is C#CCCC(NCC)c1cc(OC)ccc1Br. The van der Waals surface area contributed by atoms with Crippen LogP contribution in [0.2, 0.25) is 0 Å². The molecule has 3 heteroatoms. The molecule has 0 fully saturated rings. The highest BCUT2D eigenvalue weighted by Crippen LogP contribution is 2.30. The van der Waals surface area contributed by atoms with Crippen molar-refractivity contribution in [2.45, 2.75) is 25.8 Å². The van der Waals surface area contributed by atoms with E-state index in [0.717, 1.165) is 29.6 Å². The second-order valence-electron chi connectivity index (χ2n) is 3.74. The van der Waals surface area contributed by atoms with Gasteiger partial charge < -0.3 is 10.1 Å². The van der Waals surface area contributed by atoms with Gasteiger partial charge in [-0.2, -0.15) is 0 Å². The van der Waals surface area contributed by atoms with E-state index in [2.05, 4.69) is 34.1 Å². The monoisotopic (exact) mass is 295 g/mol. The fourth-order valence-electron chi connectivity index (χ4n) is 1.76. The van der Waals surface area contributed by atoms with E-state index in [1.54, 1.807) is 7.11 Å². The zero-order valence-corrected chi connectivity index (χ0v) is 11.9. The van der Waals surface area contributed by atoms with Crippen LogP contribution in [0.4, 0.5) is 0 Å². The Labute approximate surface area is 112 Å². The topological polar surface area (TPSA) is 21.3 Å². The van der Waals surface area contributed by atoms with Crippen molar-refractivity contribution in [3.8, 4) is 18.1 Å². The maximum absolute atomic E-state index is 5.33. The Kier molecular flexibility index (Phi) is 6.10. The van der Waals surface area contributed by atoms with E-state index < -0.39 is 0 Å². The van der Waals surface area contributed by atoms with E-state index in [-0.39, 0.29) is 6.04 Å². The number of methoxy groups -OCH3 is 1. The normalized spacial score (nSPS) is 11.9. The first-order valence-electron chi connectivity index (χ1n) is 5.73. The van der Waals surface area contributed by atoms with Crippen molar-refractivity contribution in [1.82, 2.24) is 5.32 Å². The summed E-state index contributed by atoms with van der Waals surface area (Å²) in [5.41, 5.74) is 1.20. The molecular formula is C14H18BrNO. The molecule has 0 saturated carbocycles. The molecule has 0 amide bonds. The molecule has 1 atom stereocenters. The van der Waals surface area contributed by atoms with E-state index in [1.807, 2.05) is 18.2 Å². The minimum atomic E-state index is 0.264. The Morgan fingerprint density at radius 1 is 1.53 bits per heavy atom. The maximum atomic E-state index is 5.33. The molecule has 0 aromatic heterocycles. The van der Waals surface area contributed by atoms with Gasteiger partial charge in [-0.15, -0.1) is 12.3 Å². The number of hydrogen-bond acceptors (Lipinski definition) is 2. The lowest BCUT2D eigenvalue weighted by Gasteiger charge is -2.19. The summed E-state index contributed by atoms with van der Waals surface area (Å²) in [6.07, 6.45) is 7.02. The molecule has 0 aliphatic carbocycles. The zero-order valence-electron chi connectivity index (χ0n) is 10.3. The Balaban J connectivity index is 2.95. The van der Waals surface area contributed by atoms with Gasteiger partial charge in [-0.1, -0.05) is 22.9 Å². The number of hydrogen-bond donors (Lipinski definition) is 1. The highest BCUT2D eigenvalue weighted by atomic mass is 79.9. The Hall–Kier alpha value is -0.980. The standard InChI is InChI=1S/C14H18BrNO/c1-4-6-7-14(16-5-2)12-10-11(17-3)8-9-13(12)15/h1,8-10,14,16H,5-7H2,2-3H3. The van der Waals surface area contributed by atoms with Gasteiger partial charge in [0.1, 0.15) is 5.75 Å². The van der Waals surface area contributed by atoms with Crippen LogP contribution in [0.1, 0.15) is 31.4 Å². The van der Waals surface area contributed by atoms with E-state index >= 15 is 0 Å². The second-order valence-corrected chi connectivity index (χ2v) is 4.59. The first-order chi connectivity index (χ1) is 8.22. The minimum Gasteiger partial charge on any atom is -0.497 e. The van der Waals surface area contributed by atoms with Crippen molar-refractivity contribution in [1.29, 1.82) is 0 Å². The van der Waals surface area contributed by atoms with Crippen molar-refractivity contribution in [3.05, 3.63) is 28.2 Å². The van der Waals surface area contributed by atoms with E-state index in [4.69, 9.17) is 11.2 Å². The fourth-order valence-corrected chi connectivity index (χ4v) is 2.28. The van der Waals surface area contributed by atoms with Gasteiger partial charge >= 0.3 is 0 Å². The second kappa shape index (κ2) is 7.37. The summed E-state index contributed by atoms with van der Waals surface area (Å²) in [5.74, 6) is 3.56. The number of terminal acetylenes is 1. The average Bonchev–Trinajstić information content (AvgIpc) is 2.35. The van der Waals surface area contributed by atoms with Gasteiger partial charge in [-0.25, -0.2) is 0 Å². The van der Waals surface area contributed by atoms with Crippen LogP contribution in [0.15, 0.2) is 22.7 Å². The minimum absolute atomic E-state index is 0.264. The smallest absolute Gasteiger partial charge is 0.119 e. The Morgan fingerprint density at radius 3 is 2.88 bits per heavy atom. The molecule has 0 aliphatic rings. The first kappa shape index (κ1) is 14.1. The fraction of sp³-hybridized carbons (Fsp3) is 0.429. The molecule has 0 bridgehead atoms. The van der Waals surface area contributed by atoms with Crippen molar-refractivity contribution < 1.29 is 4.74 Å². The first-order valence-corrected chi connectivity index (χ1v) is 6.52. The van der Waals surface area contributed by atoms with E-state index in [0.29, 0.717) is 0 Å². The van der Waals surface area contributed by atoms with Gasteiger partial charge in [0.15, 0.2) is 0 Å². The van der Waals surface area contributed by atoms with Crippen LogP contribution in [0, 0.1) is 12.3 Å². The highest BCUT2D eigenvalue weighted by molar-refractivity contribution is 9.10. The van der Waals surface area contributed by atoms with Crippen LogP contribution >= 0.6 is 15.9 Å². The van der Waals surface area contributed by atoms with Gasteiger partial charge in [0.05, 0.1) is 7.11 Å². The molecule has 0 saturated heterocycles. The molecule has 1 aromatic rings. The van der Waals surface area contributed by atoms with Crippen LogP contribution in [0.3, 0.4) is 0 Å². The third kappa shape index (κ3) is 4.07. The van der Waals surface area contributed by atoms with Gasteiger partial charge in [0, 0.05) is 16.9 Å². The lowest BCUT2D eigenvalue weighted by molar-refractivity contribution is 0.412. The zero-order chi connectivity index (χ0) is 12.7. The molecule has 17 heavy (non-hydrogen) atoms. The molecule has 1 rings (SSSR count). The summed E-state index contributed by atoms with van der Waals surface area (Å²) in [7, 11) is 1.68. The summed E-state index contributed by atoms with van der Waals surface area (Å²) in [6, 6.07) is 6.26. The number of benzene rings is 1. The predicted molar refractivity (Wildman–Crippen MR) is 75.2 cm³/mol. The molecule has 0 radical (unpaired) electrons. The third-order valence-corrected chi connectivity index (χ3v) is 3.33. The van der Waals surface area contributed by atoms with Gasteiger partial charge in [-0.05, 0) is 36.7 Å². The summed E-state index contributed by atoms with van der Waals surface area (Å²) in [4.78, 5) is 0. The molecule has 1 aromatic carbocycles. The largest absolute Gasteiger partial charge is 0.497 e. The van der Waals surface area contributed by atoms with E-state index in [9.17, 15) is 0 Å². The predicted octanol–water partition coefficient (Wildman–Crippen LogP) is 3.52. The molecule has 1 unspecified atom stereocenters. The summed E-state index contributed by atoms with van der Waals surface area (Å²) in [5, 5.41) is 3.44. The van der Waals surface area contributed by atoms with Crippen molar-refractivity contribution in [2.24, 2.45) is 0 Å². The Morgan fingerprint density at radius 2 is 2.29 bits per heavy atom. The van der Waals surface area contributed by atoms with Crippen LogP contribution in [0.5, 0.6) is 5.75 Å². The average molecular weight is 296 g/mol. The molecule has 0 heterocycles. The number of ether oxygens (including phenoxy) is 1. The number of nitrogens with one attached hydrogen (secondary N) is 1. The van der Waals surface area contributed by atoms with Crippen LogP contribution < -0.4 is 10.1 Å². The van der Waals surface area contributed by atoms with E-state index in [1.165, 1.54) is 5.56 Å². The van der Waals surface area contributed by atoms with Gasteiger partial charge in [0.2, 0.25) is 0 Å². The summed E-state index contributed by atoms with van der Waals surface area (Å²) in [6.45, 7) is 3.01. The Bertz CT molecular complexity index is 398. The van der Waals surface area contributed by atoms with Crippen molar-refractivity contribution in [2.75, 3.05) is 13.7 Å². The van der Waals surface area contributed by atoms with Gasteiger partial charge in [0.25, 0.3) is 0 Å². The number of rotatable bonds is 6. The molecule has 0 aliphatic heterocycles. The maximum Gasteiger partial charge on any atom is 0.119 e. The lowest BCUT2D eigenvalue weighted by atomic mass is 10.0. The highest BCUT2D eigenvalue weighted by Gasteiger charge is 2.13. The van der Waals surface area contributed by atoms with Crippen molar-refractivity contribution in [3.63, 3.8) is 0 Å². The van der Waals surface area contributed by atoms with Crippen LogP contribution in [0.25, 0.3) is 0 Å². The van der Waals surface area contributed by atoms with Crippen LogP contribution in [-0.2, 0) is 0 Å². The molecule has 1 N–H and O–H groups in total. The third-order valence-electron chi connectivity index (χ3n) is 2.61. The van der Waals surface area contributed by atoms with Crippen molar-refractivity contribution >= 4 is 15.9 Å². The molecule has 0 spiro atoms. The molecular weight excluding hydrogens is 278 g/mol. The van der Waals surface area contributed by atoms with Gasteiger partial charge in [-0.3, -0.25) is 0 Å². The summed E-state index contributed by atoms with van der Waals surface area (Å²) < 4.78 is 6.34. The summed E-state index contributed by atoms with van der Waals surface area (Å²) >= 11 is 3.57. The van der Waals surface area contributed by atoms with Crippen LogP contribution in [-0.4, -0.2) is 13.7 Å². The lowest BCUT2D eigenvalue weighted by Crippen LogP contribution is -2.21. The quantitative estimate of drug-likeness (QED) is 0.811. The molecule has 92 valence electrons.